The van der Waals surface area contributed by atoms with Gasteiger partial charge in [-0.2, -0.15) is 0 Å². The zero-order valence-corrected chi connectivity index (χ0v) is 10.3. The van der Waals surface area contributed by atoms with Crippen LogP contribution in [-0.4, -0.2) is 10.6 Å². The predicted octanol–water partition coefficient (Wildman–Crippen LogP) is 2.20. The molecule has 0 amide bonds. The van der Waals surface area contributed by atoms with Crippen molar-refractivity contribution in [2.45, 2.75) is 39.8 Å². The van der Waals surface area contributed by atoms with Crippen molar-refractivity contribution in [3.8, 4) is 0 Å². The van der Waals surface area contributed by atoms with Crippen LogP contribution in [0.15, 0.2) is 17.1 Å². The van der Waals surface area contributed by atoms with E-state index in [1.54, 1.807) is 23.0 Å². The van der Waals surface area contributed by atoms with Gasteiger partial charge in [0, 0.05) is 11.6 Å². The van der Waals surface area contributed by atoms with Gasteiger partial charge in [0.15, 0.2) is 0 Å². The van der Waals surface area contributed by atoms with Gasteiger partial charge in [-0.25, -0.2) is 0 Å². The largest absolute Gasteiger partial charge is 0.313 e. The maximum absolute atomic E-state index is 5.70. The second-order valence-corrected chi connectivity index (χ2v) is 4.95. The molecule has 4 heteroatoms. The molecule has 0 radical (unpaired) electrons. The zero-order valence-electron chi connectivity index (χ0n) is 9.45. The molecule has 0 saturated heterocycles. The van der Waals surface area contributed by atoms with E-state index in [2.05, 4.69) is 25.8 Å². The fourth-order valence-corrected chi connectivity index (χ4v) is 0.908. The minimum absolute atomic E-state index is 0.0347. The summed E-state index contributed by atoms with van der Waals surface area (Å²) in [6.45, 7) is 8.11. The van der Waals surface area contributed by atoms with E-state index < -0.39 is 5.66 Å². The molecule has 0 aliphatic carbocycles. The molecule has 0 saturated carbocycles. The lowest BCUT2D eigenvalue weighted by Gasteiger charge is -2.37. The van der Waals surface area contributed by atoms with Crippen LogP contribution in [-0.2, 0) is 0 Å². The number of hydrogen-bond donors (Lipinski definition) is 2. The van der Waals surface area contributed by atoms with Gasteiger partial charge in [0.25, 0.3) is 0 Å². The second-order valence-electron chi connectivity index (χ2n) is 4.20. The van der Waals surface area contributed by atoms with Crippen molar-refractivity contribution in [3.05, 3.63) is 17.1 Å². The summed E-state index contributed by atoms with van der Waals surface area (Å²) in [6, 6.07) is 0. The van der Waals surface area contributed by atoms with Crippen molar-refractivity contribution < 1.29 is 0 Å². The molecular formula is C10H21N3S. The van der Waals surface area contributed by atoms with Gasteiger partial charge in [-0.15, -0.1) is 11.3 Å². The van der Waals surface area contributed by atoms with E-state index in [1.165, 1.54) is 0 Å². The summed E-state index contributed by atoms with van der Waals surface area (Å²) in [5, 5.41) is 1.93. The number of hydrogen-bond acceptors (Lipinski definition) is 4. The Bertz CT molecular complexity index is 207. The van der Waals surface area contributed by atoms with Crippen LogP contribution < -0.4 is 11.5 Å². The Morgan fingerprint density at radius 1 is 1.29 bits per heavy atom. The Morgan fingerprint density at radius 2 is 1.86 bits per heavy atom. The first-order valence-electron chi connectivity index (χ1n) is 4.71. The van der Waals surface area contributed by atoms with Crippen LogP contribution in [0.2, 0.25) is 0 Å². The number of rotatable bonds is 2. The monoisotopic (exact) mass is 215 g/mol. The summed E-state index contributed by atoms with van der Waals surface area (Å²) in [5.74, 6) is 0. The average Bonchev–Trinajstić information content (AvgIpc) is 2.59. The molecule has 1 aromatic rings. The molecule has 1 rings (SSSR count). The van der Waals surface area contributed by atoms with E-state index in [0.717, 1.165) is 6.42 Å². The fourth-order valence-electron chi connectivity index (χ4n) is 0.557. The second kappa shape index (κ2) is 5.44. The third kappa shape index (κ3) is 4.69. The molecule has 0 spiro atoms. The highest BCUT2D eigenvalue weighted by Gasteiger charge is 2.31. The summed E-state index contributed by atoms with van der Waals surface area (Å²) >= 11 is 1.60. The van der Waals surface area contributed by atoms with Gasteiger partial charge in [0.05, 0.1) is 11.2 Å². The maximum Gasteiger partial charge on any atom is 0.0791 e. The first-order valence-corrected chi connectivity index (χ1v) is 5.65. The molecule has 0 aromatic carbocycles. The number of aromatic nitrogens is 1. The summed E-state index contributed by atoms with van der Waals surface area (Å²) < 4.78 is 0. The van der Waals surface area contributed by atoms with E-state index >= 15 is 0 Å². The summed E-state index contributed by atoms with van der Waals surface area (Å²) in [7, 11) is 0. The van der Waals surface area contributed by atoms with Gasteiger partial charge in [-0.05, 0) is 18.8 Å². The van der Waals surface area contributed by atoms with Gasteiger partial charge in [-0.1, -0.05) is 20.8 Å². The molecule has 82 valence electrons. The maximum atomic E-state index is 5.70. The zero-order chi connectivity index (χ0) is 11.2. The van der Waals surface area contributed by atoms with Gasteiger partial charge in [0.2, 0.25) is 0 Å². The number of thiazole rings is 1. The van der Waals surface area contributed by atoms with Crippen LogP contribution in [0.5, 0.6) is 0 Å². The normalized spacial score (nSPS) is 11.9. The van der Waals surface area contributed by atoms with Crippen molar-refractivity contribution >= 4 is 11.3 Å². The molecule has 0 bridgehead atoms. The Morgan fingerprint density at radius 3 is 1.93 bits per heavy atom. The predicted molar refractivity (Wildman–Crippen MR) is 63.0 cm³/mol. The molecule has 3 nitrogen and oxygen atoms in total. The highest BCUT2D eigenvalue weighted by molar-refractivity contribution is 7.07. The molecule has 1 aromatic heterocycles. The lowest BCUT2D eigenvalue weighted by Crippen LogP contribution is -2.57. The Kier molecular flexibility index (Phi) is 5.26. The number of nitrogens with two attached hydrogens (primary N) is 2. The van der Waals surface area contributed by atoms with E-state index in [-0.39, 0.29) is 5.41 Å². The van der Waals surface area contributed by atoms with Crippen LogP contribution >= 0.6 is 11.3 Å². The third-order valence-corrected chi connectivity index (χ3v) is 3.21. The van der Waals surface area contributed by atoms with E-state index in [4.69, 9.17) is 11.5 Å². The molecular weight excluding hydrogens is 194 g/mol. The summed E-state index contributed by atoms with van der Waals surface area (Å²) in [6.07, 6.45) is 2.78. The highest BCUT2D eigenvalue weighted by Crippen LogP contribution is 2.27. The van der Waals surface area contributed by atoms with E-state index in [1.807, 2.05) is 12.3 Å². The third-order valence-electron chi connectivity index (χ3n) is 2.69. The Labute approximate surface area is 90.5 Å². The molecule has 0 aliphatic rings. The smallest absolute Gasteiger partial charge is 0.0791 e. The Balaban J connectivity index is 0.000000280. The molecule has 14 heavy (non-hydrogen) atoms. The minimum atomic E-state index is -0.554. The molecule has 0 unspecified atom stereocenters. The lowest BCUT2D eigenvalue weighted by atomic mass is 9.79. The average molecular weight is 215 g/mol. The summed E-state index contributed by atoms with van der Waals surface area (Å²) in [5.41, 5.74) is 12.7. The lowest BCUT2D eigenvalue weighted by molar-refractivity contribution is 0.182. The van der Waals surface area contributed by atoms with E-state index in [9.17, 15) is 0 Å². The van der Waals surface area contributed by atoms with Gasteiger partial charge in [0.1, 0.15) is 0 Å². The van der Waals surface area contributed by atoms with Crippen molar-refractivity contribution in [1.29, 1.82) is 0 Å². The van der Waals surface area contributed by atoms with Crippen LogP contribution in [0.3, 0.4) is 0 Å². The highest BCUT2D eigenvalue weighted by atomic mass is 32.1. The minimum Gasteiger partial charge on any atom is -0.313 e. The van der Waals surface area contributed by atoms with Crippen molar-refractivity contribution in [1.82, 2.24) is 4.98 Å². The van der Waals surface area contributed by atoms with Crippen molar-refractivity contribution in [3.63, 3.8) is 0 Å². The van der Waals surface area contributed by atoms with Gasteiger partial charge < -0.3 is 11.5 Å². The first-order chi connectivity index (χ1) is 6.31. The molecule has 0 aliphatic heterocycles. The number of nitrogens with zero attached hydrogens (tertiary/aromatic N) is 1. The van der Waals surface area contributed by atoms with Crippen molar-refractivity contribution in [2.75, 3.05) is 0 Å². The fraction of sp³-hybridized carbons (Fsp3) is 0.700. The van der Waals surface area contributed by atoms with Crippen molar-refractivity contribution in [2.24, 2.45) is 16.9 Å². The quantitative estimate of drug-likeness (QED) is 0.743. The molecule has 1 heterocycles. The molecule has 0 atom stereocenters. The summed E-state index contributed by atoms with van der Waals surface area (Å²) in [4.78, 5) is 3.74. The Hall–Kier alpha value is -0.450. The standard InChI is InChI=1S/C7H18N2.C3H3NS/c1-5-6(2,3)7(4,8)9;1-2-5-3-4-1/h5,8-9H2,1-4H3;1-3H. The van der Waals surface area contributed by atoms with Crippen LogP contribution in [0.25, 0.3) is 0 Å². The van der Waals surface area contributed by atoms with Crippen LogP contribution in [0.1, 0.15) is 34.1 Å². The van der Waals surface area contributed by atoms with E-state index in [0.29, 0.717) is 0 Å². The van der Waals surface area contributed by atoms with Crippen LogP contribution in [0, 0.1) is 5.41 Å². The van der Waals surface area contributed by atoms with Gasteiger partial charge >= 0.3 is 0 Å². The molecule has 4 N–H and O–H groups in total. The molecule has 0 fully saturated rings. The van der Waals surface area contributed by atoms with Crippen LogP contribution in [0.4, 0.5) is 0 Å². The first kappa shape index (κ1) is 13.5. The van der Waals surface area contributed by atoms with Gasteiger partial charge in [-0.3, -0.25) is 4.98 Å². The topological polar surface area (TPSA) is 64.9 Å². The SMILES string of the molecule is CCC(C)(C)C(C)(N)N.c1cscn1.